The van der Waals surface area contributed by atoms with E-state index < -0.39 is 39.9 Å². The summed E-state index contributed by atoms with van der Waals surface area (Å²) in [6.07, 6.45) is 1.37. The lowest BCUT2D eigenvalue weighted by Gasteiger charge is -2.34. The molecule has 0 spiro atoms. The van der Waals surface area contributed by atoms with Crippen LogP contribution in [-0.4, -0.2) is 49.5 Å². The van der Waals surface area contributed by atoms with Gasteiger partial charge in [0.05, 0.1) is 11.9 Å². The van der Waals surface area contributed by atoms with Gasteiger partial charge in [-0.25, -0.2) is 12.8 Å². The second-order valence-corrected chi connectivity index (χ2v) is 11.8. The van der Waals surface area contributed by atoms with Crippen molar-refractivity contribution < 1.29 is 22.4 Å². The largest absolute Gasteiger partial charge is 0.350 e. The van der Waals surface area contributed by atoms with Crippen LogP contribution in [0, 0.1) is 19.7 Å². The number of hydrogen-bond acceptors (Lipinski definition) is 4. The molecule has 7 nitrogen and oxygen atoms in total. The van der Waals surface area contributed by atoms with Crippen LogP contribution in [0.25, 0.3) is 0 Å². The molecule has 0 radical (unpaired) electrons. The quantitative estimate of drug-likeness (QED) is 0.560. The van der Waals surface area contributed by atoms with E-state index in [-0.39, 0.29) is 12.5 Å². The lowest BCUT2D eigenvalue weighted by Crippen LogP contribution is -2.55. The van der Waals surface area contributed by atoms with Gasteiger partial charge in [-0.1, -0.05) is 36.8 Å². The van der Waals surface area contributed by atoms with Crippen LogP contribution >= 0.6 is 0 Å². The average Bonchev–Trinajstić information content (AvgIpc) is 2.71. The van der Waals surface area contributed by atoms with Crippen molar-refractivity contribution in [3.8, 4) is 0 Å². The summed E-state index contributed by atoms with van der Waals surface area (Å²) in [6.45, 7) is 10.6. The van der Waals surface area contributed by atoms with Crippen molar-refractivity contribution >= 4 is 27.5 Å². The predicted molar refractivity (Wildman–Crippen MR) is 137 cm³/mol. The molecule has 0 saturated carbocycles. The summed E-state index contributed by atoms with van der Waals surface area (Å²) in [7, 11) is -3.81. The molecule has 2 amide bonds. The van der Waals surface area contributed by atoms with Gasteiger partial charge in [-0.3, -0.25) is 13.9 Å². The van der Waals surface area contributed by atoms with Crippen molar-refractivity contribution in [1.82, 2.24) is 10.2 Å². The first kappa shape index (κ1) is 28.3. The number of nitrogens with one attached hydrogen (secondary N) is 1. The maximum atomic E-state index is 13.7. The highest BCUT2D eigenvalue weighted by Crippen LogP contribution is 2.24. The second-order valence-electron chi connectivity index (χ2n) is 9.87. The predicted octanol–water partition coefficient (Wildman–Crippen LogP) is 3.93. The fourth-order valence-corrected chi connectivity index (χ4v) is 4.75. The zero-order valence-corrected chi connectivity index (χ0v) is 22.4. The van der Waals surface area contributed by atoms with Crippen molar-refractivity contribution in [2.24, 2.45) is 0 Å². The van der Waals surface area contributed by atoms with Crippen LogP contribution in [0.3, 0.4) is 0 Å². The molecule has 0 aliphatic heterocycles. The number of anilines is 1. The number of carbonyl (C=O) groups is 2. The zero-order valence-electron chi connectivity index (χ0n) is 21.6. The minimum atomic E-state index is -3.81. The molecule has 0 fully saturated rings. The number of sulfonamides is 1. The lowest BCUT2D eigenvalue weighted by atomic mass is 10.1. The van der Waals surface area contributed by atoms with E-state index in [1.807, 2.05) is 33.8 Å². The van der Waals surface area contributed by atoms with Crippen molar-refractivity contribution in [2.45, 2.75) is 66.1 Å². The summed E-state index contributed by atoms with van der Waals surface area (Å²) in [5.41, 5.74) is 2.19. The smallest absolute Gasteiger partial charge is 0.244 e. The molecule has 2 aromatic rings. The highest BCUT2D eigenvalue weighted by atomic mass is 32.2. The number of carbonyl (C=O) groups excluding carboxylic acids is 2. The van der Waals surface area contributed by atoms with Crippen LogP contribution in [0.4, 0.5) is 10.1 Å². The molecular weight excluding hydrogens is 469 g/mol. The van der Waals surface area contributed by atoms with Crippen molar-refractivity contribution in [3.05, 3.63) is 65.0 Å². The SMILES string of the molecule is CCC(C(=O)NC(C)(C)C)N(Cc1ccc(F)cc1)C(=O)CN(c1ccc(C)cc1C)S(C)(=O)=O. The number of nitrogens with zero attached hydrogens (tertiary/aromatic N) is 2. The average molecular weight is 506 g/mol. The Kier molecular flexibility index (Phi) is 9.06. The Balaban J connectivity index is 2.48. The first-order valence-electron chi connectivity index (χ1n) is 11.5. The summed E-state index contributed by atoms with van der Waals surface area (Å²) in [5, 5.41) is 2.91. The number of rotatable bonds is 9. The Hall–Kier alpha value is -2.94. The van der Waals surface area contributed by atoms with Gasteiger partial charge < -0.3 is 10.2 Å². The van der Waals surface area contributed by atoms with E-state index >= 15 is 0 Å². The molecule has 0 bridgehead atoms. The van der Waals surface area contributed by atoms with E-state index in [1.165, 1.54) is 17.0 Å². The summed E-state index contributed by atoms with van der Waals surface area (Å²) in [4.78, 5) is 28.2. The van der Waals surface area contributed by atoms with Gasteiger partial charge in [0.15, 0.2) is 0 Å². The van der Waals surface area contributed by atoms with Crippen molar-refractivity contribution in [1.29, 1.82) is 0 Å². The summed E-state index contributed by atoms with van der Waals surface area (Å²) in [6, 6.07) is 10.1. The molecule has 9 heteroatoms. The maximum Gasteiger partial charge on any atom is 0.244 e. The van der Waals surface area contributed by atoms with Crippen LogP contribution in [0.1, 0.15) is 50.8 Å². The standard InChI is InChI=1S/C26H36FN3O4S/c1-8-22(25(32)28-26(4,5)6)29(16-20-10-12-21(27)13-11-20)24(31)17-30(35(7,33)34)23-14-9-18(2)15-19(23)3/h9-15,22H,8,16-17H2,1-7H3,(H,28,32). The van der Waals surface area contributed by atoms with Gasteiger partial charge in [0.25, 0.3) is 0 Å². The Bertz CT molecular complexity index is 1160. The third-order valence-electron chi connectivity index (χ3n) is 5.45. The van der Waals surface area contributed by atoms with Crippen molar-refractivity contribution in [2.75, 3.05) is 17.1 Å². The Morgan fingerprint density at radius 1 is 1.06 bits per heavy atom. The maximum absolute atomic E-state index is 13.7. The molecule has 2 aromatic carbocycles. The molecule has 0 aliphatic rings. The van der Waals surface area contributed by atoms with Gasteiger partial charge >= 0.3 is 0 Å². The fourth-order valence-electron chi connectivity index (χ4n) is 3.84. The third-order valence-corrected chi connectivity index (χ3v) is 6.58. The first-order valence-corrected chi connectivity index (χ1v) is 13.4. The van der Waals surface area contributed by atoms with Gasteiger partial charge in [-0.2, -0.15) is 0 Å². The van der Waals surface area contributed by atoms with Gasteiger partial charge in [-0.05, 0) is 70.4 Å². The van der Waals surface area contributed by atoms with Gasteiger partial charge in [0.1, 0.15) is 18.4 Å². The molecule has 0 saturated heterocycles. The van der Waals surface area contributed by atoms with Crippen LogP contribution in [0.2, 0.25) is 0 Å². The highest BCUT2D eigenvalue weighted by molar-refractivity contribution is 7.92. The monoisotopic (exact) mass is 505 g/mol. The van der Waals surface area contributed by atoms with Crippen LogP contribution in [-0.2, 0) is 26.2 Å². The molecule has 1 N–H and O–H groups in total. The van der Waals surface area contributed by atoms with Gasteiger partial charge in [0, 0.05) is 12.1 Å². The van der Waals surface area contributed by atoms with E-state index in [9.17, 15) is 22.4 Å². The lowest BCUT2D eigenvalue weighted by molar-refractivity contribution is -0.141. The van der Waals surface area contributed by atoms with Gasteiger partial charge in [0.2, 0.25) is 21.8 Å². The molecule has 2 rings (SSSR count). The van der Waals surface area contributed by atoms with E-state index in [0.717, 1.165) is 16.1 Å². The van der Waals surface area contributed by atoms with Crippen LogP contribution in [0.15, 0.2) is 42.5 Å². The molecule has 0 aromatic heterocycles. The number of amides is 2. The van der Waals surface area contributed by atoms with E-state index in [4.69, 9.17) is 0 Å². The Morgan fingerprint density at radius 2 is 1.66 bits per heavy atom. The van der Waals surface area contributed by atoms with Gasteiger partial charge in [-0.15, -0.1) is 0 Å². The Morgan fingerprint density at radius 3 is 2.14 bits per heavy atom. The normalized spacial score (nSPS) is 12.7. The number of benzene rings is 2. The summed E-state index contributed by atoms with van der Waals surface area (Å²) < 4.78 is 40.0. The molecular formula is C26H36FN3O4S. The minimum Gasteiger partial charge on any atom is -0.350 e. The second kappa shape index (κ2) is 11.2. The number of hydrogen-bond donors (Lipinski definition) is 1. The van der Waals surface area contributed by atoms with Crippen LogP contribution < -0.4 is 9.62 Å². The number of halogens is 1. The molecule has 192 valence electrons. The molecule has 1 atom stereocenters. The van der Waals surface area contributed by atoms with E-state index in [1.54, 1.807) is 38.1 Å². The molecule has 35 heavy (non-hydrogen) atoms. The first-order chi connectivity index (χ1) is 16.1. The highest BCUT2D eigenvalue weighted by Gasteiger charge is 2.33. The van der Waals surface area contributed by atoms with Crippen molar-refractivity contribution in [3.63, 3.8) is 0 Å². The van der Waals surface area contributed by atoms with Crippen LogP contribution in [0.5, 0.6) is 0 Å². The van der Waals surface area contributed by atoms with E-state index in [2.05, 4.69) is 5.32 Å². The Labute approximate surface area is 208 Å². The summed E-state index contributed by atoms with van der Waals surface area (Å²) >= 11 is 0. The fraction of sp³-hybridized carbons (Fsp3) is 0.462. The molecule has 0 aliphatic carbocycles. The molecule has 0 heterocycles. The zero-order chi connectivity index (χ0) is 26.6. The minimum absolute atomic E-state index is 0.0274. The number of aryl methyl sites for hydroxylation is 2. The summed E-state index contributed by atoms with van der Waals surface area (Å²) in [5.74, 6) is -1.29. The third kappa shape index (κ3) is 8.06. The van der Waals surface area contributed by atoms with E-state index in [0.29, 0.717) is 23.2 Å². The molecule has 1 unspecified atom stereocenters. The topological polar surface area (TPSA) is 86.8 Å².